The number of benzene rings is 1. The minimum Gasteiger partial charge on any atom is -0.491 e. The first-order chi connectivity index (χ1) is 17.6. The second-order valence-corrected chi connectivity index (χ2v) is 9.78. The second kappa shape index (κ2) is 9.55. The van der Waals surface area contributed by atoms with Crippen molar-refractivity contribution in [2.75, 3.05) is 29.6 Å². The molecule has 12 heteroatoms. The number of hydrogen-bond acceptors (Lipinski definition) is 7. The number of carbonyl (C=O) groups is 1. The molecule has 3 heterocycles. The molecule has 37 heavy (non-hydrogen) atoms. The number of nitriles is 1. The molecule has 8 nitrogen and oxygen atoms in total. The van der Waals surface area contributed by atoms with Crippen molar-refractivity contribution in [3.63, 3.8) is 0 Å². The molecule has 2 saturated heterocycles. The van der Waals surface area contributed by atoms with Crippen molar-refractivity contribution in [1.82, 2.24) is 10.3 Å². The number of anilines is 2. The number of aromatic nitrogens is 1. The number of carbonyl (C=O) groups excluding carboxylic acids is 1. The van der Waals surface area contributed by atoms with Gasteiger partial charge in [-0.3, -0.25) is 9.69 Å². The van der Waals surface area contributed by atoms with Gasteiger partial charge in [0.1, 0.15) is 30.1 Å². The Morgan fingerprint density at radius 1 is 1.30 bits per heavy atom. The third-order valence-electron chi connectivity index (χ3n) is 6.94. The van der Waals surface area contributed by atoms with Crippen molar-refractivity contribution >= 4 is 34.6 Å². The molecule has 1 amide bonds. The van der Waals surface area contributed by atoms with Gasteiger partial charge in [0, 0.05) is 18.3 Å². The Hall–Kier alpha value is -3.27. The molecule has 0 unspecified atom stereocenters. The van der Waals surface area contributed by atoms with E-state index >= 15 is 0 Å². The van der Waals surface area contributed by atoms with Crippen LogP contribution < -0.4 is 19.9 Å². The van der Waals surface area contributed by atoms with Crippen LogP contribution in [0.1, 0.15) is 37.4 Å². The van der Waals surface area contributed by atoms with E-state index in [1.807, 2.05) is 6.92 Å². The third kappa shape index (κ3) is 4.52. The number of ether oxygens (including phenoxy) is 2. The van der Waals surface area contributed by atoms with E-state index in [1.165, 1.54) is 6.07 Å². The van der Waals surface area contributed by atoms with Crippen LogP contribution in [0.4, 0.5) is 24.5 Å². The zero-order valence-electron chi connectivity index (χ0n) is 19.9. The first-order valence-corrected chi connectivity index (χ1v) is 12.3. The van der Waals surface area contributed by atoms with E-state index in [4.69, 9.17) is 27.0 Å². The van der Waals surface area contributed by atoms with Crippen molar-refractivity contribution in [3.8, 4) is 11.8 Å². The summed E-state index contributed by atoms with van der Waals surface area (Å²) in [5, 5.41) is 12.5. The monoisotopic (exact) mass is 531 g/mol. The fourth-order valence-corrected chi connectivity index (χ4v) is 5.28. The van der Waals surface area contributed by atoms with E-state index in [9.17, 15) is 18.0 Å². The Kier molecular flexibility index (Phi) is 6.55. The minimum absolute atomic E-state index is 0.0610. The number of amides is 1. The summed E-state index contributed by atoms with van der Waals surface area (Å²) >= 11 is 5.63. The lowest BCUT2D eigenvalue weighted by molar-refractivity contribution is -0.138. The molecular formula is C25H24F3N5O3S. The van der Waals surface area contributed by atoms with Gasteiger partial charge in [0.25, 0.3) is 5.91 Å². The highest BCUT2D eigenvalue weighted by Gasteiger charge is 2.59. The number of alkyl halides is 3. The molecule has 1 aromatic carbocycles. The molecule has 1 aliphatic carbocycles. The molecule has 2 atom stereocenters. The van der Waals surface area contributed by atoms with Crippen LogP contribution in [-0.4, -0.2) is 53.4 Å². The lowest BCUT2D eigenvalue weighted by atomic mass is 9.75. The van der Waals surface area contributed by atoms with Crippen molar-refractivity contribution in [2.45, 2.75) is 50.0 Å². The van der Waals surface area contributed by atoms with Crippen molar-refractivity contribution in [1.29, 1.82) is 5.26 Å². The number of halogens is 3. The Bertz CT molecular complexity index is 1250. The average Bonchev–Trinajstić information content (AvgIpc) is 3.09. The van der Waals surface area contributed by atoms with Gasteiger partial charge in [0.05, 0.1) is 24.1 Å². The van der Waals surface area contributed by atoms with Crippen LogP contribution in [0.15, 0.2) is 36.5 Å². The quantitative estimate of drug-likeness (QED) is 0.583. The molecular weight excluding hydrogens is 507 g/mol. The highest BCUT2D eigenvalue weighted by molar-refractivity contribution is 7.81. The molecule has 2 aromatic rings. The van der Waals surface area contributed by atoms with E-state index in [2.05, 4.69) is 10.3 Å². The average molecular weight is 532 g/mol. The van der Waals surface area contributed by atoms with Crippen LogP contribution in [0.5, 0.6) is 5.75 Å². The molecule has 194 valence electrons. The highest BCUT2D eigenvalue weighted by Crippen LogP contribution is 2.48. The highest BCUT2D eigenvalue weighted by atomic mass is 32.1. The molecule has 3 aliphatic rings. The zero-order valence-corrected chi connectivity index (χ0v) is 20.7. The normalized spacial score (nSPS) is 23.2. The summed E-state index contributed by atoms with van der Waals surface area (Å²) in [4.78, 5) is 20.0. The van der Waals surface area contributed by atoms with Crippen molar-refractivity contribution < 1.29 is 27.4 Å². The fourth-order valence-electron chi connectivity index (χ4n) is 4.81. The molecule has 1 spiro atoms. The third-order valence-corrected chi connectivity index (χ3v) is 7.31. The molecule has 5 rings (SSSR count). The Labute approximate surface area is 217 Å². The number of pyridine rings is 1. The largest absolute Gasteiger partial charge is 0.491 e. The summed E-state index contributed by atoms with van der Waals surface area (Å²) in [6.45, 7) is 3.74. The number of morpholine rings is 1. The molecule has 0 radical (unpaired) electrons. The van der Waals surface area contributed by atoms with Crippen LogP contribution >= 0.6 is 12.2 Å². The first kappa shape index (κ1) is 25.4. The summed E-state index contributed by atoms with van der Waals surface area (Å²) in [7, 11) is 0. The Morgan fingerprint density at radius 3 is 2.59 bits per heavy atom. The summed E-state index contributed by atoms with van der Waals surface area (Å²) in [6.07, 6.45) is -1.98. The number of rotatable bonds is 5. The van der Waals surface area contributed by atoms with Crippen LogP contribution in [-0.2, 0) is 15.7 Å². The van der Waals surface area contributed by atoms with E-state index in [1.54, 1.807) is 29.2 Å². The van der Waals surface area contributed by atoms with Crippen LogP contribution in [0.3, 0.4) is 0 Å². The predicted octanol–water partition coefficient (Wildman–Crippen LogP) is 3.79. The van der Waals surface area contributed by atoms with Crippen LogP contribution in [0.25, 0.3) is 0 Å². The number of hydrogen-bond donors (Lipinski definition) is 1. The smallest absolute Gasteiger partial charge is 0.419 e. The summed E-state index contributed by atoms with van der Waals surface area (Å²) in [5.41, 5.74) is -2.43. The van der Waals surface area contributed by atoms with E-state index in [0.29, 0.717) is 50.1 Å². The van der Waals surface area contributed by atoms with Crippen molar-refractivity contribution in [3.05, 3.63) is 47.8 Å². The van der Waals surface area contributed by atoms with Gasteiger partial charge in [0.2, 0.25) is 0 Å². The second-order valence-electron chi connectivity index (χ2n) is 9.41. The maximum atomic E-state index is 13.6. The standard InChI is InChI=1S/C25H24F3N5O3S/c1-15-13-35-19(12-30-15)14-36-18-5-3-16(4-6-18)33-23(37)32(22(34)24(33)7-2-8-24)17-9-20(25(26,27)28)21(10-29)31-11-17/h3-6,9,11,15,19,30H,2,7-8,12-14H2,1H3/t15-,19+/m0/s1. The predicted molar refractivity (Wildman–Crippen MR) is 132 cm³/mol. The minimum atomic E-state index is -4.81. The summed E-state index contributed by atoms with van der Waals surface area (Å²) in [6, 6.07) is 9.60. The maximum absolute atomic E-state index is 13.6. The van der Waals surface area contributed by atoms with Gasteiger partial charge in [-0.15, -0.1) is 0 Å². The maximum Gasteiger partial charge on any atom is 0.419 e. The number of nitrogens with zero attached hydrogens (tertiary/aromatic N) is 4. The van der Waals surface area contributed by atoms with Crippen LogP contribution in [0, 0.1) is 11.3 Å². The number of nitrogens with one attached hydrogen (secondary N) is 1. The summed E-state index contributed by atoms with van der Waals surface area (Å²) in [5.74, 6) is 0.216. The zero-order chi connectivity index (χ0) is 26.4. The van der Waals surface area contributed by atoms with Gasteiger partial charge in [-0.1, -0.05) is 0 Å². The van der Waals surface area contributed by atoms with Gasteiger partial charge in [-0.05, 0) is 68.7 Å². The Morgan fingerprint density at radius 2 is 2.03 bits per heavy atom. The van der Waals surface area contributed by atoms with E-state index in [-0.39, 0.29) is 16.9 Å². The van der Waals surface area contributed by atoms with E-state index in [0.717, 1.165) is 23.6 Å². The Balaban J connectivity index is 1.39. The molecule has 1 N–H and O–H groups in total. The van der Waals surface area contributed by atoms with Gasteiger partial charge < -0.3 is 19.7 Å². The van der Waals surface area contributed by atoms with Gasteiger partial charge in [-0.2, -0.15) is 18.4 Å². The summed E-state index contributed by atoms with van der Waals surface area (Å²) < 4.78 is 52.2. The number of thiocarbonyl (C=S) groups is 1. The van der Waals surface area contributed by atoms with E-state index < -0.39 is 28.9 Å². The molecule has 3 fully saturated rings. The van der Waals surface area contributed by atoms with Gasteiger partial charge in [-0.25, -0.2) is 4.98 Å². The topological polar surface area (TPSA) is 90.7 Å². The van der Waals surface area contributed by atoms with Crippen LogP contribution in [0.2, 0.25) is 0 Å². The lowest BCUT2D eigenvalue weighted by Crippen LogP contribution is -2.55. The SMILES string of the molecule is C[C@H]1CO[C@@H](COc2ccc(N3C(=S)N(c4cnc(C#N)c(C(F)(F)F)c4)C(=O)C34CCC4)cc2)CN1. The van der Waals surface area contributed by atoms with Crippen molar-refractivity contribution in [2.24, 2.45) is 0 Å². The van der Waals surface area contributed by atoms with Gasteiger partial charge >= 0.3 is 6.18 Å². The fraction of sp³-hybridized carbons (Fsp3) is 0.440. The lowest BCUT2D eigenvalue weighted by Gasteiger charge is -2.43. The first-order valence-electron chi connectivity index (χ1n) is 11.9. The molecule has 1 saturated carbocycles. The van der Waals surface area contributed by atoms with Gasteiger partial charge in [0.15, 0.2) is 10.8 Å². The molecule has 1 aromatic heterocycles. The molecule has 0 bridgehead atoms. The molecule has 2 aliphatic heterocycles.